The largest absolute Gasteiger partial charge is 0.488 e. The van der Waals surface area contributed by atoms with Crippen molar-refractivity contribution in [2.75, 3.05) is 0 Å². The highest BCUT2D eigenvalue weighted by Gasteiger charge is 2.19. The minimum absolute atomic E-state index is 0.313. The van der Waals surface area contributed by atoms with E-state index in [0.29, 0.717) is 12.5 Å². The lowest BCUT2D eigenvalue weighted by Gasteiger charge is -2.24. The van der Waals surface area contributed by atoms with Crippen molar-refractivity contribution in [3.63, 3.8) is 0 Å². The van der Waals surface area contributed by atoms with E-state index >= 15 is 0 Å². The van der Waals surface area contributed by atoms with Crippen molar-refractivity contribution in [1.29, 1.82) is 0 Å². The number of carbonyl (C=O) groups is 1. The zero-order valence-electron chi connectivity index (χ0n) is 11.6. The third kappa shape index (κ3) is 4.95. The Morgan fingerprint density at radius 2 is 1.86 bits per heavy atom. The highest BCUT2D eigenvalue weighted by Crippen LogP contribution is 2.32. The molecule has 0 saturated heterocycles. The number of nitrogens with two attached hydrogens (primary N) is 1. The molecule has 1 aromatic rings. The van der Waals surface area contributed by atoms with Gasteiger partial charge in [-0.3, -0.25) is 4.79 Å². The van der Waals surface area contributed by atoms with Crippen LogP contribution in [0.25, 0.3) is 0 Å². The Balaban J connectivity index is 2.11. The van der Waals surface area contributed by atoms with Gasteiger partial charge in [-0.05, 0) is 95.0 Å². The molecule has 1 aliphatic carbocycles. The first-order valence-corrected chi connectivity index (χ1v) is 9.26. The number of ether oxygens (including phenoxy) is 1. The molecule has 21 heavy (non-hydrogen) atoms. The zero-order chi connectivity index (χ0) is 15.4. The fourth-order valence-electron chi connectivity index (χ4n) is 2.53. The van der Waals surface area contributed by atoms with Crippen molar-refractivity contribution in [1.82, 2.24) is 0 Å². The summed E-state index contributed by atoms with van der Waals surface area (Å²) in [5.41, 5.74) is 6.54. The molecule has 1 saturated carbocycles. The fraction of sp³-hybridized carbons (Fsp3) is 0.533. The van der Waals surface area contributed by atoms with Gasteiger partial charge in [0.15, 0.2) is 0 Å². The summed E-state index contributed by atoms with van der Waals surface area (Å²) in [7, 11) is 0. The maximum Gasteiger partial charge on any atom is 0.320 e. The van der Waals surface area contributed by atoms with Crippen LogP contribution in [0.3, 0.4) is 0 Å². The quantitative estimate of drug-likeness (QED) is 0.589. The van der Waals surface area contributed by atoms with Crippen LogP contribution in [0.1, 0.15) is 37.7 Å². The van der Waals surface area contributed by atoms with Gasteiger partial charge in [0.25, 0.3) is 0 Å². The van der Waals surface area contributed by atoms with Gasteiger partial charge in [0.05, 0.1) is 13.2 Å². The highest BCUT2D eigenvalue weighted by atomic mass is 127. The average Bonchev–Trinajstić information content (AvgIpc) is 2.44. The summed E-state index contributed by atoms with van der Waals surface area (Å²) < 4.78 is 8.21. The Morgan fingerprint density at radius 3 is 2.38 bits per heavy atom. The molecule has 0 amide bonds. The van der Waals surface area contributed by atoms with Crippen molar-refractivity contribution < 1.29 is 14.6 Å². The predicted octanol–water partition coefficient (Wildman–Crippen LogP) is 3.56. The molecule has 6 heteroatoms. The van der Waals surface area contributed by atoms with E-state index in [1.54, 1.807) is 0 Å². The summed E-state index contributed by atoms with van der Waals surface area (Å²) in [4.78, 5) is 10.8. The second-order valence-corrected chi connectivity index (χ2v) is 7.74. The number of aliphatic carboxylic acids is 1. The van der Waals surface area contributed by atoms with E-state index in [4.69, 9.17) is 15.6 Å². The van der Waals surface area contributed by atoms with Crippen LogP contribution in [0.4, 0.5) is 0 Å². The minimum Gasteiger partial charge on any atom is -0.488 e. The zero-order valence-corrected chi connectivity index (χ0v) is 16.0. The third-order valence-electron chi connectivity index (χ3n) is 3.67. The number of hydrogen-bond donors (Lipinski definition) is 2. The summed E-state index contributed by atoms with van der Waals surface area (Å²) in [5.74, 6) is -0.0432. The summed E-state index contributed by atoms with van der Waals surface area (Å²) in [6.45, 7) is 0. The van der Waals surface area contributed by atoms with Crippen LogP contribution in [-0.4, -0.2) is 23.2 Å². The molecule has 0 aromatic heterocycles. The first kappa shape index (κ1) is 17.3. The second-order valence-electron chi connectivity index (χ2n) is 5.42. The molecule has 1 unspecified atom stereocenters. The van der Waals surface area contributed by atoms with E-state index < -0.39 is 12.0 Å². The van der Waals surface area contributed by atoms with E-state index in [-0.39, 0.29) is 0 Å². The number of benzene rings is 1. The van der Waals surface area contributed by atoms with Gasteiger partial charge in [-0.2, -0.15) is 0 Å². The number of carboxylic acids is 1. The van der Waals surface area contributed by atoms with E-state index in [9.17, 15) is 4.79 Å². The Bertz CT molecular complexity index is 493. The van der Waals surface area contributed by atoms with Gasteiger partial charge in [0, 0.05) is 0 Å². The lowest BCUT2D eigenvalue weighted by atomic mass is 9.98. The molecule has 0 bridgehead atoms. The third-order valence-corrected chi connectivity index (χ3v) is 5.27. The van der Waals surface area contributed by atoms with Crippen LogP contribution in [0.5, 0.6) is 5.75 Å². The van der Waals surface area contributed by atoms with Gasteiger partial charge in [-0.15, -0.1) is 0 Å². The number of carboxylic acid groups (broad SMARTS) is 1. The van der Waals surface area contributed by atoms with Crippen LogP contribution < -0.4 is 10.5 Å². The first-order valence-electron chi connectivity index (χ1n) is 7.10. The van der Waals surface area contributed by atoms with E-state index in [0.717, 1.165) is 31.3 Å². The molecule has 1 fully saturated rings. The van der Waals surface area contributed by atoms with Gasteiger partial charge in [0.1, 0.15) is 11.8 Å². The van der Waals surface area contributed by atoms with Crippen molar-refractivity contribution in [2.24, 2.45) is 5.73 Å². The van der Waals surface area contributed by atoms with E-state index in [1.165, 1.54) is 19.3 Å². The van der Waals surface area contributed by atoms with Gasteiger partial charge < -0.3 is 15.6 Å². The normalized spacial score (nSPS) is 17.5. The van der Waals surface area contributed by atoms with E-state index in [1.807, 2.05) is 12.1 Å². The minimum atomic E-state index is -0.970. The topological polar surface area (TPSA) is 72.5 Å². The van der Waals surface area contributed by atoms with Crippen molar-refractivity contribution in [2.45, 2.75) is 50.7 Å². The van der Waals surface area contributed by atoms with Gasteiger partial charge in [0.2, 0.25) is 0 Å². The van der Waals surface area contributed by atoms with Crippen molar-refractivity contribution >= 4 is 51.2 Å². The molecule has 0 radical (unpaired) electrons. The van der Waals surface area contributed by atoms with Gasteiger partial charge in [-0.1, -0.05) is 6.42 Å². The summed E-state index contributed by atoms with van der Waals surface area (Å²) in [6.07, 6.45) is 6.68. The van der Waals surface area contributed by atoms with Gasteiger partial charge >= 0.3 is 5.97 Å². The molecule has 0 spiro atoms. The first-order chi connectivity index (χ1) is 9.97. The van der Waals surface area contributed by atoms with Crippen LogP contribution in [-0.2, 0) is 11.2 Å². The molecule has 4 nitrogen and oxygen atoms in total. The molecule has 0 heterocycles. The number of rotatable bonds is 5. The molecule has 2 rings (SSSR count). The van der Waals surface area contributed by atoms with Crippen LogP contribution in [0.15, 0.2) is 12.1 Å². The maximum atomic E-state index is 10.8. The van der Waals surface area contributed by atoms with Crippen molar-refractivity contribution in [3.05, 3.63) is 24.8 Å². The Morgan fingerprint density at radius 1 is 1.29 bits per heavy atom. The molecule has 1 aromatic carbocycles. The Labute approximate surface area is 152 Å². The molecular formula is C15H19I2NO3. The van der Waals surface area contributed by atoms with Crippen LogP contribution in [0.2, 0.25) is 0 Å². The average molecular weight is 515 g/mol. The Hall–Kier alpha value is -0.0900. The molecule has 3 N–H and O–H groups in total. The van der Waals surface area contributed by atoms with Gasteiger partial charge in [-0.25, -0.2) is 0 Å². The molecule has 116 valence electrons. The van der Waals surface area contributed by atoms with Crippen molar-refractivity contribution in [3.8, 4) is 5.75 Å². The number of hydrogen-bond acceptors (Lipinski definition) is 3. The molecule has 1 aliphatic rings. The molecule has 0 aliphatic heterocycles. The Kier molecular flexibility index (Phi) is 6.54. The second kappa shape index (κ2) is 7.96. The standard InChI is InChI=1S/C15H19I2NO3/c16-11-6-9(8-13(18)15(19)20)7-12(17)14(11)21-10-4-2-1-3-5-10/h6-7,10,13H,1-5,8,18H2,(H,19,20). The monoisotopic (exact) mass is 515 g/mol. The number of halogens is 2. The maximum absolute atomic E-state index is 10.8. The SMILES string of the molecule is NC(Cc1cc(I)c(OC2CCCCC2)c(I)c1)C(=O)O. The fourth-order valence-corrected chi connectivity index (χ4v) is 4.69. The van der Waals surface area contributed by atoms with E-state index in [2.05, 4.69) is 45.2 Å². The molecule has 1 atom stereocenters. The van der Waals surface area contributed by atoms with Crippen LogP contribution >= 0.6 is 45.2 Å². The highest BCUT2D eigenvalue weighted by molar-refractivity contribution is 14.1. The summed E-state index contributed by atoms with van der Waals surface area (Å²) >= 11 is 4.51. The lowest BCUT2D eigenvalue weighted by molar-refractivity contribution is -0.138. The molecular weight excluding hydrogens is 496 g/mol. The van der Waals surface area contributed by atoms with Crippen LogP contribution in [0, 0.1) is 7.14 Å². The summed E-state index contributed by atoms with van der Waals surface area (Å²) in [5, 5.41) is 8.90. The smallest absolute Gasteiger partial charge is 0.320 e. The summed E-state index contributed by atoms with van der Waals surface area (Å²) in [6, 6.07) is 3.09. The predicted molar refractivity (Wildman–Crippen MR) is 98.7 cm³/mol. The lowest BCUT2D eigenvalue weighted by Crippen LogP contribution is -2.32.